The van der Waals surface area contributed by atoms with Crippen molar-refractivity contribution >= 4 is 44.2 Å². The maximum atomic E-state index is 12.9. The number of nitrogens with zero attached hydrogens (tertiary/aromatic N) is 1. The molecule has 31 heavy (non-hydrogen) atoms. The second kappa shape index (κ2) is 9.01. The van der Waals surface area contributed by atoms with Gasteiger partial charge in [-0.1, -0.05) is 12.1 Å². The number of carbonyl (C=O) groups excluding carboxylic acids is 1. The molecule has 0 radical (unpaired) electrons. The van der Waals surface area contributed by atoms with Crippen molar-refractivity contribution in [3.8, 4) is 5.75 Å². The lowest BCUT2D eigenvalue weighted by Gasteiger charge is -2.12. The van der Waals surface area contributed by atoms with Crippen LogP contribution in [0.25, 0.3) is 11.0 Å². The summed E-state index contributed by atoms with van der Waals surface area (Å²) in [6.45, 7) is 0.505. The Bertz CT molecular complexity index is 1320. The Balaban J connectivity index is 1.56. The van der Waals surface area contributed by atoms with Crippen LogP contribution in [0.1, 0.15) is 15.9 Å². The number of pyridine rings is 1. The largest absolute Gasteiger partial charge is 0.497 e. The minimum atomic E-state index is -0.638. The summed E-state index contributed by atoms with van der Waals surface area (Å²) in [5.41, 5.74) is 1.86. The van der Waals surface area contributed by atoms with E-state index in [2.05, 4.69) is 31.5 Å². The average molecular weight is 480 g/mol. The number of fused-ring (bicyclic) bond motifs is 1. The summed E-state index contributed by atoms with van der Waals surface area (Å²) in [4.78, 5) is 29.4. The lowest BCUT2D eigenvalue weighted by molar-refractivity contribution is 0.102. The van der Waals surface area contributed by atoms with E-state index in [4.69, 9.17) is 9.15 Å². The summed E-state index contributed by atoms with van der Waals surface area (Å²) in [5.74, 6) is 0.160. The van der Waals surface area contributed by atoms with Crippen molar-refractivity contribution in [1.29, 1.82) is 0 Å². The molecular formula is C23H18BrN3O4. The second-order valence-corrected chi connectivity index (χ2v) is 7.50. The molecular weight excluding hydrogens is 462 g/mol. The molecule has 156 valence electrons. The van der Waals surface area contributed by atoms with Crippen LogP contribution >= 0.6 is 15.9 Å². The lowest BCUT2D eigenvalue weighted by atomic mass is 10.1. The van der Waals surface area contributed by atoms with Crippen LogP contribution in [-0.4, -0.2) is 18.0 Å². The van der Waals surface area contributed by atoms with E-state index in [9.17, 15) is 9.59 Å². The van der Waals surface area contributed by atoms with Gasteiger partial charge in [0.2, 0.25) is 0 Å². The number of nitrogens with one attached hydrogen (secondary N) is 2. The number of anilines is 2. The maximum absolute atomic E-state index is 12.9. The van der Waals surface area contributed by atoms with Gasteiger partial charge in [0.15, 0.2) is 0 Å². The fourth-order valence-electron chi connectivity index (χ4n) is 3.08. The summed E-state index contributed by atoms with van der Waals surface area (Å²) in [5, 5.41) is 6.59. The Morgan fingerprint density at radius 1 is 1.10 bits per heavy atom. The number of amides is 1. The monoisotopic (exact) mass is 479 g/mol. The molecule has 4 aromatic rings. The van der Waals surface area contributed by atoms with Gasteiger partial charge in [0.05, 0.1) is 12.7 Å². The molecule has 2 aromatic carbocycles. The topological polar surface area (TPSA) is 93.5 Å². The molecule has 2 aromatic heterocycles. The standard InChI is InChI=1S/C23H18BrN3O4/c1-30-16-7-6-15-11-19(23(29)31-20(15)12-16)27-22(28)17-4-2-3-5-18(17)26-13-14-8-9-25-21(24)10-14/h2-12,26H,13H2,1H3,(H,27,28). The van der Waals surface area contributed by atoms with E-state index in [1.165, 1.54) is 7.11 Å². The predicted octanol–water partition coefficient (Wildman–Crippen LogP) is 4.82. The van der Waals surface area contributed by atoms with Crippen LogP contribution in [0.15, 0.2) is 80.7 Å². The van der Waals surface area contributed by atoms with Crippen LogP contribution < -0.4 is 21.0 Å². The zero-order valence-electron chi connectivity index (χ0n) is 16.5. The van der Waals surface area contributed by atoms with Crippen LogP contribution in [0.2, 0.25) is 0 Å². The Kier molecular flexibility index (Phi) is 5.99. The summed E-state index contributed by atoms with van der Waals surface area (Å²) >= 11 is 3.35. The summed E-state index contributed by atoms with van der Waals surface area (Å²) in [7, 11) is 1.53. The molecule has 0 saturated heterocycles. The first-order chi connectivity index (χ1) is 15.0. The summed E-state index contributed by atoms with van der Waals surface area (Å²) in [6.07, 6.45) is 1.70. The van der Waals surface area contributed by atoms with Gasteiger partial charge in [0.1, 0.15) is 21.6 Å². The average Bonchev–Trinajstić information content (AvgIpc) is 2.78. The first-order valence-corrected chi connectivity index (χ1v) is 10.2. The van der Waals surface area contributed by atoms with Crippen molar-refractivity contribution in [2.24, 2.45) is 0 Å². The first-order valence-electron chi connectivity index (χ1n) is 9.40. The third kappa shape index (κ3) is 4.75. The van der Waals surface area contributed by atoms with Crippen molar-refractivity contribution < 1.29 is 13.9 Å². The van der Waals surface area contributed by atoms with Crippen LogP contribution in [0, 0.1) is 0 Å². The SMILES string of the molecule is COc1ccc2cc(NC(=O)c3ccccc3NCc3ccnc(Br)c3)c(=O)oc2c1. The molecule has 0 saturated carbocycles. The van der Waals surface area contributed by atoms with Crippen molar-refractivity contribution in [2.75, 3.05) is 17.7 Å². The van der Waals surface area contributed by atoms with Crippen LogP contribution in [0.4, 0.5) is 11.4 Å². The van der Waals surface area contributed by atoms with Gasteiger partial charge >= 0.3 is 5.63 Å². The van der Waals surface area contributed by atoms with Crippen molar-refractivity contribution in [3.05, 3.63) is 93.0 Å². The minimum absolute atomic E-state index is 0.0653. The molecule has 7 nitrogen and oxygen atoms in total. The fourth-order valence-corrected chi connectivity index (χ4v) is 3.49. The number of benzene rings is 2. The summed E-state index contributed by atoms with van der Waals surface area (Å²) < 4.78 is 11.2. The molecule has 0 aliphatic heterocycles. The Morgan fingerprint density at radius 3 is 2.74 bits per heavy atom. The molecule has 2 N–H and O–H groups in total. The quantitative estimate of drug-likeness (QED) is 0.304. The number of methoxy groups -OCH3 is 1. The van der Waals surface area contributed by atoms with Gasteiger partial charge < -0.3 is 19.8 Å². The van der Waals surface area contributed by atoms with Crippen LogP contribution in [0.5, 0.6) is 5.75 Å². The Labute approximate surface area is 186 Å². The van der Waals surface area contributed by atoms with E-state index >= 15 is 0 Å². The van der Waals surface area contributed by atoms with Crippen molar-refractivity contribution in [3.63, 3.8) is 0 Å². The van der Waals surface area contributed by atoms with Crippen LogP contribution in [0.3, 0.4) is 0 Å². The van der Waals surface area contributed by atoms with Crippen molar-refractivity contribution in [1.82, 2.24) is 4.98 Å². The van der Waals surface area contributed by atoms with Gasteiger partial charge in [0.25, 0.3) is 5.91 Å². The minimum Gasteiger partial charge on any atom is -0.497 e. The van der Waals surface area contributed by atoms with Gasteiger partial charge in [-0.25, -0.2) is 9.78 Å². The smallest absolute Gasteiger partial charge is 0.360 e. The van der Waals surface area contributed by atoms with E-state index in [1.807, 2.05) is 18.2 Å². The third-order valence-electron chi connectivity index (χ3n) is 4.64. The second-order valence-electron chi connectivity index (χ2n) is 6.69. The van der Waals surface area contributed by atoms with Gasteiger partial charge in [-0.2, -0.15) is 0 Å². The molecule has 0 aliphatic rings. The number of para-hydroxylation sites is 1. The highest BCUT2D eigenvalue weighted by molar-refractivity contribution is 9.10. The zero-order chi connectivity index (χ0) is 21.8. The molecule has 0 fully saturated rings. The molecule has 0 spiro atoms. The highest BCUT2D eigenvalue weighted by atomic mass is 79.9. The number of rotatable bonds is 6. The van der Waals surface area contributed by atoms with E-state index in [-0.39, 0.29) is 5.69 Å². The molecule has 1 amide bonds. The zero-order valence-corrected chi connectivity index (χ0v) is 18.1. The molecule has 8 heteroatoms. The molecule has 2 heterocycles. The Morgan fingerprint density at radius 2 is 1.94 bits per heavy atom. The number of hydrogen-bond acceptors (Lipinski definition) is 6. The number of ether oxygens (including phenoxy) is 1. The van der Waals surface area contributed by atoms with E-state index in [0.29, 0.717) is 34.5 Å². The van der Waals surface area contributed by atoms with Gasteiger partial charge in [-0.05, 0) is 64.0 Å². The summed E-state index contributed by atoms with van der Waals surface area (Å²) in [6, 6.07) is 17.6. The van der Waals surface area contributed by atoms with E-state index < -0.39 is 11.5 Å². The van der Waals surface area contributed by atoms with E-state index in [0.717, 1.165) is 10.2 Å². The van der Waals surface area contributed by atoms with Gasteiger partial charge in [0, 0.05) is 29.9 Å². The van der Waals surface area contributed by atoms with E-state index in [1.54, 1.807) is 48.7 Å². The highest BCUT2D eigenvalue weighted by Crippen LogP contribution is 2.23. The van der Waals surface area contributed by atoms with Crippen molar-refractivity contribution in [2.45, 2.75) is 6.54 Å². The predicted molar refractivity (Wildman–Crippen MR) is 123 cm³/mol. The number of hydrogen-bond donors (Lipinski definition) is 2. The first kappa shape index (κ1) is 20.6. The maximum Gasteiger partial charge on any atom is 0.360 e. The normalized spacial score (nSPS) is 10.6. The van der Waals surface area contributed by atoms with Gasteiger partial charge in [-0.15, -0.1) is 0 Å². The van der Waals surface area contributed by atoms with Gasteiger partial charge in [-0.3, -0.25) is 4.79 Å². The lowest BCUT2D eigenvalue weighted by Crippen LogP contribution is -2.19. The molecule has 0 bridgehead atoms. The van der Waals surface area contributed by atoms with Crippen LogP contribution in [-0.2, 0) is 6.54 Å². The molecule has 0 aliphatic carbocycles. The number of carbonyl (C=O) groups is 1. The fraction of sp³-hybridized carbons (Fsp3) is 0.0870. The molecule has 0 unspecified atom stereocenters. The molecule has 4 rings (SSSR count). The molecule has 0 atom stereocenters. The number of halogens is 1. The number of aromatic nitrogens is 1. The highest BCUT2D eigenvalue weighted by Gasteiger charge is 2.14. The Hall–Kier alpha value is -3.65. The third-order valence-corrected chi connectivity index (χ3v) is 5.07.